The smallest absolute Gasteiger partial charge is 0.231 e. The number of hydrogen-bond acceptors (Lipinski definition) is 7. The van der Waals surface area contributed by atoms with Crippen LogP contribution in [-0.2, 0) is 4.74 Å². The molecule has 7 heteroatoms. The summed E-state index contributed by atoms with van der Waals surface area (Å²) in [6.45, 7) is 9.48. The average Bonchev–Trinajstić information content (AvgIpc) is 2.39. The van der Waals surface area contributed by atoms with Gasteiger partial charge in [-0.2, -0.15) is 15.0 Å². The minimum absolute atomic E-state index is 0.0490. The molecule has 0 atom stereocenters. The van der Waals surface area contributed by atoms with Gasteiger partial charge in [-0.05, 0) is 33.6 Å². The molecule has 1 aromatic heterocycles. The van der Waals surface area contributed by atoms with Gasteiger partial charge < -0.3 is 20.7 Å². The summed E-state index contributed by atoms with van der Waals surface area (Å²) >= 11 is 0. The molecule has 0 aromatic carbocycles. The number of ether oxygens (including phenoxy) is 1. The molecule has 1 aliphatic rings. The normalized spacial score (nSPS) is 17.8. The van der Waals surface area contributed by atoms with Crippen LogP contribution in [0.15, 0.2) is 0 Å². The van der Waals surface area contributed by atoms with E-state index in [0.717, 1.165) is 39.1 Å². The molecular formula is C13H24N6O. The van der Waals surface area contributed by atoms with Crippen molar-refractivity contribution in [3.05, 3.63) is 0 Å². The van der Waals surface area contributed by atoms with Crippen LogP contribution >= 0.6 is 0 Å². The van der Waals surface area contributed by atoms with Gasteiger partial charge in [0.2, 0.25) is 17.8 Å². The maximum absolute atomic E-state index is 5.80. The standard InChI is InChI=1S/C13H24N6O/c1-4-19(5-2)12-16-10(14)15-11(17-12)18-13(3)6-8-20-9-7-13/h4-9H2,1-3H3,(H3,14,15,16,17,18). The second-order valence-electron chi connectivity index (χ2n) is 5.29. The maximum atomic E-state index is 5.80. The Morgan fingerprint density at radius 1 is 1.20 bits per heavy atom. The summed E-state index contributed by atoms with van der Waals surface area (Å²) in [5.41, 5.74) is 5.75. The molecule has 1 aliphatic heterocycles. The second kappa shape index (κ2) is 6.21. The van der Waals surface area contributed by atoms with Crippen molar-refractivity contribution < 1.29 is 4.74 Å². The topological polar surface area (TPSA) is 89.2 Å². The summed E-state index contributed by atoms with van der Waals surface area (Å²) in [6, 6.07) is 0. The SMILES string of the molecule is CCN(CC)c1nc(N)nc(NC2(C)CCOCC2)n1. The third-order valence-corrected chi connectivity index (χ3v) is 3.70. The van der Waals surface area contributed by atoms with Crippen LogP contribution in [0.25, 0.3) is 0 Å². The van der Waals surface area contributed by atoms with Gasteiger partial charge in [0, 0.05) is 31.8 Å². The predicted molar refractivity (Wildman–Crippen MR) is 79.9 cm³/mol. The number of anilines is 3. The molecule has 1 saturated heterocycles. The molecule has 20 heavy (non-hydrogen) atoms. The van der Waals surface area contributed by atoms with Crippen LogP contribution in [0.5, 0.6) is 0 Å². The molecule has 112 valence electrons. The van der Waals surface area contributed by atoms with E-state index in [1.165, 1.54) is 0 Å². The second-order valence-corrected chi connectivity index (χ2v) is 5.29. The average molecular weight is 280 g/mol. The zero-order chi connectivity index (χ0) is 14.6. The molecule has 2 rings (SSSR count). The van der Waals surface area contributed by atoms with Crippen LogP contribution < -0.4 is 16.0 Å². The molecule has 1 aromatic rings. The van der Waals surface area contributed by atoms with Crippen LogP contribution in [-0.4, -0.2) is 46.8 Å². The van der Waals surface area contributed by atoms with E-state index < -0.39 is 0 Å². The highest BCUT2D eigenvalue weighted by Crippen LogP contribution is 2.24. The zero-order valence-corrected chi connectivity index (χ0v) is 12.5. The van der Waals surface area contributed by atoms with Crippen LogP contribution in [0.1, 0.15) is 33.6 Å². The minimum Gasteiger partial charge on any atom is -0.381 e. The Hall–Kier alpha value is -1.63. The van der Waals surface area contributed by atoms with Gasteiger partial charge in [-0.3, -0.25) is 0 Å². The molecule has 0 spiro atoms. The molecule has 0 bridgehead atoms. The third-order valence-electron chi connectivity index (χ3n) is 3.70. The summed E-state index contributed by atoms with van der Waals surface area (Å²) in [5.74, 6) is 1.42. The molecule has 7 nitrogen and oxygen atoms in total. The number of nitrogens with two attached hydrogens (primary N) is 1. The van der Waals surface area contributed by atoms with E-state index in [-0.39, 0.29) is 11.5 Å². The van der Waals surface area contributed by atoms with E-state index in [1.807, 2.05) is 0 Å². The van der Waals surface area contributed by atoms with Crippen molar-refractivity contribution in [3.8, 4) is 0 Å². The van der Waals surface area contributed by atoms with Crippen molar-refractivity contribution in [3.63, 3.8) is 0 Å². The summed E-state index contributed by atoms with van der Waals surface area (Å²) < 4.78 is 5.40. The van der Waals surface area contributed by atoms with E-state index in [4.69, 9.17) is 10.5 Å². The van der Waals surface area contributed by atoms with Gasteiger partial charge in [-0.15, -0.1) is 0 Å². The summed E-state index contributed by atoms with van der Waals surface area (Å²) in [5, 5.41) is 3.39. The molecule has 0 radical (unpaired) electrons. The van der Waals surface area contributed by atoms with Crippen molar-refractivity contribution in [2.45, 2.75) is 39.2 Å². The lowest BCUT2D eigenvalue weighted by Gasteiger charge is -2.34. The number of aromatic nitrogens is 3. The molecule has 3 N–H and O–H groups in total. The first kappa shape index (κ1) is 14.8. The molecule has 1 fully saturated rings. The monoisotopic (exact) mass is 280 g/mol. The van der Waals surface area contributed by atoms with Crippen molar-refractivity contribution in [1.29, 1.82) is 0 Å². The third kappa shape index (κ3) is 3.47. The Morgan fingerprint density at radius 2 is 1.85 bits per heavy atom. The number of nitrogens with one attached hydrogen (secondary N) is 1. The fourth-order valence-electron chi connectivity index (χ4n) is 2.30. The maximum Gasteiger partial charge on any atom is 0.231 e. The van der Waals surface area contributed by atoms with Crippen LogP contribution in [0.2, 0.25) is 0 Å². The van der Waals surface area contributed by atoms with Crippen LogP contribution in [0.3, 0.4) is 0 Å². The lowest BCUT2D eigenvalue weighted by molar-refractivity contribution is 0.0656. The lowest BCUT2D eigenvalue weighted by atomic mass is 9.93. The van der Waals surface area contributed by atoms with E-state index in [0.29, 0.717) is 11.9 Å². The van der Waals surface area contributed by atoms with E-state index in [9.17, 15) is 0 Å². The Labute approximate surface area is 119 Å². The molecule has 0 saturated carbocycles. The summed E-state index contributed by atoms with van der Waals surface area (Å²) in [4.78, 5) is 14.9. The van der Waals surface area contributed by atoms with Gasteiger partial charge in [-0.1, -0.05) is 0 Å². The van der Waals surface area contributed by atoms with Gasteiger partial charge in [0.15, 0.2) is 0 Å². The van der Waals surface area contributed by atoms with Crippen molar-refractivity contribution in [2.24, 2.45) is 0 Å². The fourth-order valence-corrected chi connectivity index (χ4v) is 2.30. The van der Waals surface area contributed by atoms with Gasteiger partial charge in [0.05, 0.1) is 0 Å². The fraction of sp³-hybridized carbons (Fsp3) is 0.769. The van der Waals surface area contributed by atoms with E-state index in [2.05, 4.69) is 45.9 Å². The minimum atomic E-state index is -0.0490. The zero-order valence-electron chi connectivity index (χ0n) is 12.5. The largest absolute Gasteiger partial charge is 0.381 e. The first-order valence-electron chi connectivity index (χ1n) is 7.19. The number of nitrogen functional groups attached to an aromatic ring is 1. The lowest BCUT2D eigenvalue weighted by Crippen LogP contribution is -2.41. The van der Waals surface area contributed by atoms with Gasteiger partial charge in [0.25, 0.3) is 0 Å². The Kier molecular flexibility index (Phi) is 4.59. The number of hydrogen-bond donors (Lipinski definition) is 2. The molecule has 0 amide bonds. The highest BCUT2D eigenvalue weighted by molar-refractivity contribution is 5.43. The van der Waals surface area contributed by atoms with Crippen molar-refractivity contribution in [1.82, 2.24) is 15.0 Å². The van der Waals surface area contributed by atoms with E-state index in [1.54, 1.807) is 0 Å². The Balaban J connectivity index is 2.19. The van der Waals surface area contributed by atoms with Crippen molar-refractivity contribution in [2.75, 3.05) is 42.3 Å². The quantitative estimate of drug-likeness (QED) is 0.839. The Morgan fingerprint density at radius 3 is 2.45 bits per heavy atom. The van der Waals surface area contributed by atoms with Crippen molar-refractivity contribution >= 4 is 17.8 Å². The highest BCUT2D eigenvalue weighted by Gasteiger charge is 2.28. The molecule has 0 unspecified atom stereocenters. The number of nitrogens with zero attached hydrogens (tertiary/aromatic N) is 4. The first-order valence-corrected chi connectivity index (χ1v) is 7.19. The van der Waals surface area contributed by atoms with Gasteiger partial charge in [0.1, 0.15) is 0 Å². The van der Waals surface area contributed by atoms with Crippen LogP contribution in [0.4, 0.5) is 17.8 Å². The Bertz CT molecular complexity index is 442. The molecule has 0 aliphatic carbocycles. The van der Waals surface area contributed by atoms with E-state index >= 15 is 0 Å². The highest BCUT2D eigenvalue weighted by atomic mass is 16.5. The molecular weight excluding hydrogens is 256 g/mol. The van der Waals surface area contributed by atoms with Gasteiger partial charge >= 0.3 is 0 Å². The molecule has 2 heterocycles. The summed E-state index contributed by atoms with van der Waals surface area (Å²) in [7, 11) is 0. The first-order chi connectivity index (χ1) is 9.56. The number of rotatable bonds is 5. The predicted octanol–water partition coefficient (Wildman–Crippen LogP) is 1.28. The van der Waals surface area contributed by atoms with Crippen LogP contribution in [0, 0.1) is 0 Å². The summed E-state index contributed by atoms with van der Waals surface area (Å²) in [6.07, 6.45) is 1.86. The van der Waals surface area contributed by atoms with Gasteiger partial charge in [-0.25, -0.2) is 0 Å².